The molecule has 0 atom stereocenters. The Morgan fingerprint density at radius 3 is 2.82 bits per heavy atom. The summed E-state index contributed by atoms with van der Waals surface area (Å²) >= 11 is 0. The summed E-state index contributed by atoms with van der Waals surface area (Å²) in [6.45, 7) is -0.0729. The Labute approximate surface area is 127 Å². The largest absolute Gasteiger partial charge is 0.469 e. The monoisotopic (exact) mass is 321 g/mol. The maximum Gasteiger partial charge on any atom is 0.469 e. The third-order valence-corrected chi connectivity index (χ3v) is 3.29. The lowest BCUT2D eigenvalue weighted by Crippen LogP contribution is -1.98. The van der Waals surface area contributed by atoms with Crippen LogP contribution in [0.4, 0.5) is 11.4 Å². The third kappa shape index (κ3) is 5.38. The molecule has 0 saturated heterocycles. The summed E-state index contributed by atoms with van der Waals surface area (Å²) in [7, 11) is -4.43. The van der Waals surface area contributed by atoms with Crippen molar-refractivity contribution in [2.75, 3.05) is 12.3 Å². The number of phosphoric ester groups is 1. The maximum atomic E-state index is 10.6. The van der Waals surface area contributed by atoms with Gasteiger partial charge in [0.1, 0.15) is 0 Å². The van der Waals surface area contributed by atoms with E-state index in [1.54, 1.807) is 36.7 Å². The normalized spacial score (nSPS) is 11.9. The molecule has 0 spiro atoms. The topological polar surface area (TPSA) is 118 Å². The van der Waals surface area contributed by atoms with E-state index in [2.05, 4.69) is 14.5 Å². The number of aromatic nitrogens is 1. The zero-order chi connectivity index (χ0) is 16.0. The Hall–Kier alpha value is -2.05. The van der Waals surface area contributed by atoms with Gasteiger partial charge in [-0.2, -0.15) is 0 Å². The molecule has 0 saturated carbocycles. The lowest BCUT2D eigenvalue weighted by molar-refractivity contribution is 0.199. The van der Waals surface area contributed by atoms with E-state index in [1.807, 2.05) is 12.1 Å². The minimum Gasteiger partial charge on any atom is -0.397 e. The predicted octanol–water partition coefficient (Wildman–Crippen LogP) is 2.07. The quantitative estimate of drug-likeness (QED) is 0.426. The second kappa shape index (κ2) is 7.29. The second-order valence-corrected chi connectivity index (χ2v) is 5.72. The van der Waals surface area contributed by atoms with Crippen LogP contribution in [0.5, 0.6) is 0 Å². The molecule has 0 aliphatic heterocycles. The van der Waals surface area contributed by atoms with E-state index < -0.39 is 7.82 Å². The van der Waals surface area contributed by atoms with E-state index in [1.165, 1.54) is 0 Å². The van der Waals surface area contributed by atoms with Crippen LogP contribution < -0.4 is 5.73 Å². The molecular weight excluding hydrogens is 305 g/mol. The van der Waals surface area contributed by atoms with Gasteiger partial charge in [-0.1, -0.05) is 12.1 Å². The maximum absolute atomic E-state index is 10.6. The molecule has 1 aromatic carbocycles. The highest BCUT2D eigenvalue weighted by Gasteiger charge is 2.12. The van der Waals surface area contributed by atoms with Crippen molar-refractivity contribution in [3.05, 3.63) is 53.9 Å². The van der Waals surface area contributed by atoms with E-state index in [0.29, 0.717) is 23.5 Å². The van der Waals surface area contributed by atoms with Gasteiger partial charge < -0.3 is 15.5 Å². The number of nitrogens with zero attached hydrogens (tertiary/aromatic N) is 2. The minimum atomic E-state index is -4.43. The van der Waals surface area contributed by atoms with E-state index >= 15 is 0 Å². The lowest BCUT2D eigenvalue weighted by atomic mass is 10.2. The van der Waals surface area contributed by atoms with E-state index in [9.17, 15) is 4.57 Å². The molecule has 0 radical (unpaired) electrons. The van der Waals surface area contributed by atoms with Gasteiger partial charge in [-0.25, -0.2) is 4.57 Å². The van der Waals surface area contributed by atoms with Gasteiger partial charge in [0.25, 0.3) is 0 Å². The van der Waals surface area contributed by atoms with E-state index in [0.717, 1.165) is 5.56 Å². The van der Waals surface area contributed by atoms with Crippen molar-refractivity contribution in [3.63, 3.8) is 0 Å². The predicted molar refractivity (Wildman–Crippen MR) is 84.0 cm³/mol. The summed E-state index contributed by atoms with van der Waals surface area (Å²) in [4.78, 5) is 25.7. The number of nitrogens with two attached hydrogens (primary N) is 1. The molecule has 4 N–H and O–H groups in total. The van der Waals surface area contributed by atoms with Crippen LogP contribution in [0.25, 0.3) is 0 Å². The van der Waals surface area contributed by atoms with Crippen molar-refractivity contribution >= 4 is 25.4 Å². The van der Waals surface area contributed by atoms with Crippen molar-refractivity contribution in [2.24, 2.45) is 4.99 Å². The van der Waals surface area contributed by atoms with Crippen LogP contribution in [0.3, 0.4) is 0 Å². The highest BCUT2D eigenvalue weighted by molar-refractivity contribution is 7.46. The van der Waals surface area contributed by atoms with Gasteiger partial charge >= 0.3 is 7.82 Å². The van der Waals surface area contributed by atoms with Crippen molar-refractivity contribution < 1.29 is 18.9 Å². The Morgan fingerprint density at radius 1 is 1.32 bits per heavy atom. The highest BCUT2D eigenvalue weighted by atomic mass is 31.2. The van der Waals surface area contributed by atoms with Crippen LogP contribution >= 0.6 is 7.82 Å². The Balaban J connectivity index is 2.02. The average molecular weight is 321 g/mol. The fourth-order valence-electron chi connectivity index (χ4n) is 1.74. The minimum absolute atomic E-state index is 0.0729. The summed E-state index contributed by atoms with van der Waals surface area (Å²) in [5.41, 5.74) is 8.48. The SMILES string of the molecule is Nc1ccccc1/N=C/c1cc(CCOP(=O)(O)O)ccn1. The molecular formula is C14H16N3O4P. The first-order chi connectivity index (χ1) is 10.4. The summed E-state index contributed by atoms with van der Waals surface area (Å²) in [5.74, 6) is 0. The fourth-order valence-corrected chi connectivity index (χ4v) is 2.07. The smallest absolute Gasteiger partial charge is 0.397 e. The molecule has 7 nitrogen and oxygen atoms in total. The van der Waals surface area contributed by atoms with Crippen LogP contribution in [0.1, 0.15) is 11.3 Å². The van der Waals surface area contributed by atoms with Crippen molar-refractivity contribution in [3.8, 4) is 0 Å². The van der Waals surface area contributed by atoms with Crippen LogP contribution in [0, 0.1) is 0 Å². The van der Waals surface area contributed by atoms with Gasteiger partial charge in [0, 0.05) is 6.20 Å². The molecule has 0 aliphatic carbocycles. The molecule has 22 heavy (non-hydrogen) atoms. The first-order valence-corrected chi connectivity index (χ1v) is 8.01. The first kappa shape index (κ1) is 16.3. The number of hydrogen-bond donors (Lipinski definition) is 3. The Kier molecular flexibility index (Phi) is 5.41. The van der Waals surface area contributed by atoms with Gasteiger partial charge in [-0.15, -0.1) is 0 Å². The highest BCUT2D eigenvalue weighted by Crippen LogP contribution is 2.35. The molecule has 1 aromatic heterocycles. The average Bonchev–Trinajstić information content (AvgIpc) is 2.45. The van der Waals surface area contributed by atoms with E-state index in [4.69, 9.17) is 15.5 Å². The second-order valence-electron chi connectivity index (χ2n) is 4.48. The molecule has 0 amide bonds. The van der Waals surface area contributed by atoms with Crippen molar-refractivity contribution in [1.82, 2.24) is 4.98 Å². The molecule has 1 heterocycles. The molecule has 116 valence electrons. The van der Waals surface area contributed by atoms with Gasteiger partial charge in [-0.05, 0) is 36.2 Å². The number of aliphatic imine (C=N–C) groups is 1. The van der Waals surface area contributed by atoms with Gasteiger partial charge in [-0.3, -0.25) is 14.5 Å². The molecule has 2 rings (SSSR count). The number of benzene rings is 1. The summed E-state index contributed by atoms with van der Waals surface area (Å²) < 4.78 is 15.0. The molecule has 2 aromatic rings. The van der Waals surface area contributed by atoms with Gasteiger partial charge in [0.05, 0.1) is 29.9 Å². The molecule has 0 aliphatic rings. The molecule has 8 heteroatoms. The molecule has 0 unspecified atom stereocenters. The van der Waals surface area contributed by atoms with Crippen molar-refractivity contribution in [1.29, 1.82) is 0 Å². The Morgan fingerprint density at radius 2 is 2.09 bits per heavy atom. The van der Waals surface area contributed by atoms with E-state index in [-0.39, 0.29) is 6.61 Å². The summed E-state index contributed by atoms with van der Waals surface area (Å²) in [6.07, 6.45) is 3.55. The number of rotatable bonds is 6. The van der Waals surface area contributed by atoms with Crippen LogP contribution in [-0.4, -0.2) is 27.6 Å². The third-order valence-electron chi connectivity index (χ3n) is 2.77. The molecule has 0 fully saturated rings. The zero-order valence-electron chi connectivity index (χ0n) is 11.7. The standard InChI is InChI=1S/C14H16N3O4P/c15-13-3-1-2-4-14(13)17-10-12-9-11(5-7-16-12)6-8-21-22(18,19)20/h1-5,7,9-10H,6,8,15H2,(H2,18,19,20)/b17-10+. The van der Waals surface area contributed by atoms with Crippen LogP contribution in [0.2, 0.25) is 0 Å². The number of phosphoric acid groups is 1. The number of pyridine rings is 1. The first-order valence-electron chi connectivity index (χ1n) is 6.48. The zero-order valence-corrected chi connectivity index (χ0v) is 12.6. The number of hydrogen-bond acceptors (Lipinski definition) is 5. The van der Waals surface area contributed by atoms with Crippen LogP contribution in [-0.2, 0) is 15.5 Å². The lowest BCUT2D eigenvalue weighted by Gasteiger charge is -2.05. The fraction of sp³-hybridized carbons (Fsp3) is 0.143. The van der Waals surface area contributed by atoms with Crippen LogP contribution in [0.15, 0.2) is 47.6 Å². The number of anilines is 1. The number of para-hydroxylation sites is 2. The summed E-state index contributed by atoms with van der Waals surface area (Å²) in [5, 5.41) is 0. The molecule has 0 bridgehead atoms. The number of nitrogen functional groups attached to an aromatic ring is 1. The van der Waals surface area contributed by atoms with Gasteiger partial charge in [0.2, 0.25) is 0 Å². The van der Waals surface area contributed by atoms with Crippen molar-refractivity contribution in [2.45, 2.75) is 6.42 Å². The summed E-state index contributed by atoms with van der Waals surface area (Å²) in [6, 6.07) is 10.7. The Bertz CT molecular complexity index is 715. The van der Waals surface area contributed by atoms with Gasteiger partial charge in [0.15, 0.2) is 0 Å².